The largest absolute Gasteiger partial charge is 0.505 e. The van der Waals surface area contributed by atoms with E-state index in [2.05, 4.69) is 10.4 Å². The molecular formula is C21H21N3O4. The van der Waals surface area contributed by atoms with Crippen molar-refractivity contribution in [2.45, 2.75) is 20.3 Å². The van der Waals surface area contributed by atoms with Crippen LogP contribution in [0, 0.1) is 6.92 Å². The molecule has 2 N–H and O–H groups in total. The number of anilines is 1. The topological polar surface area (TPSA) is 93.5 Å². The molecule has 0 saturated heterocycles. The van der Waals surface area contributed by atoms with Gasteiger partial charge in [-0.1, -0.05) is 37.3 Å². The van der Waals surface area contributed by atoms with Crippen LogP contribution in [0.5, 0.6) is 11.5 Å². The molecule has 3 rings (SSSR count). The third-order valence-corrected chi connectivity index (χ3v) is 4.42. The number of hydrogen-bond acceptors (Lipinski definition) is 5. The summed E-state index contributed by atoms with van der Waals surface area (Å²) in [6.45, 7) is 3.87. The van der Waals surface area contributed by atoms with Gasteiger partial charge in [-0.2, -0.15) is 9.78 Å². The molecule has 28 heavy (non-hydrogen) atoms. The Labute approximate surface area is 162 Å². The van der Waals surface area contributed by atoms with Crippen LogP contribution in [0.4, 0.5) is 5.69 Å². The maximum atomic E-state index is 12.8. The summed E-state index contributed by atoms with van der Waals surface area (Å²) < 4.78 is 6.30. The van der Waals surface area contributed by atoms with E-state index in [4.69, 9.17) is 4.74 Å². The molecular weight excluding hydrogens is 358 g/mol. The quantitative estimate of drug-likeness (QED) is 0.711. The van der Waals surface area contributed by atoms with Gasteiger partial charge in [0.15, 0.2) is 11.4 Å². The Balaban J connectivity index is 2.06. The predicted molar refractivity (Wildman–Crippen MR) is 107 cm³/mol. The van der Waals surface area contributed by atoms with Crippen LogP contribution in [-0.4, -0.2) is 27.9 Å². The zero-order chi connectivity index (χ0) is 20.3. The number of carbonyl (C=O) groups excluding carboxylic acids is 1. The van der Waals surface area contributed by atoms with Crippen LogP contribution in [-0.2, 0) is 6.42 Å². The summed E-state index contributed by atoms with van der Waals surface area (Å²) in [5, 5.41) is 17.1. The van der Waals surface area contributed by atoms with Gasteiger partial charge in [-0.15, -0.1) is 0 Å². The van der Waals surface area contributed by atoms with Crippen molar-refractivity contribution in [3.8, 4) is 17.2 Å². The third kappa shape index (κ3) is 3.59. The summed E-state index contributed by atoms with van der Waals surface area (Å²) in [6, 6.07) is 13.5. The lowest BCUT2D eigenvalue weighted by atomic mass is 10.1. The molecule has 1 aromatic heterocycles. The second kappa shape index (κ2) is 7.96. The Morgan fingerprint density at radius 2 is 1.96 bits per heavy atom. The van der Waals surface area contributed by atoms with E-state index in [1.54, 1.807) is 24.3 Å². The van der Waals surface area contributed by atoms with Gasteiger partial charge in [0.05, 0.1) is 7.11 Å². The fourth-order valence-electron chi connectivity index (χ4n) is 2.96. The number of hydrogen-bond donors (Lipinski definition) is 2. The first kappa shape index (κ1) is 19.2. The second-order valence-corrected chi connectivity index (χ2v) is 6.22. The molecule has 0 fully saturated rings. The van der Waals surface area contributed by atoms with Gasteiger partial charge in [0, 0.05) is 11.8 Å². The average Bonchev–Trinajstić information content (AvgIpc) is 2.69. The number of nitrogens with one attached hydrogen (secondary N) is 1. The number of ether oxygens (including phenoxy) is 1. The molecule has 0 aliphatic heterocycles. The number of para-hydroxylation sites is 3. The summed E-state index contributed by atoms with van der Waals surface area (Å²) in [4.78, 5) is 25.2. The molecule has 1 amide bonds. The molecule has 0 unspecified atom stereocenters. The van der Waals surface area contributed by atoms with E-state index in [-0.39, 0.29) is 5.69 Å². The molecule has 144 valence electrons. The van der Waals surface area contributed by atoms with Gasteiger partial charge in [0.2, 0.25) is 0 Å². The van der Waals surface area contributed by atoms with Crippen LogP contribution in [0.25, 0.3) is 5.69 Å². The highest BCUT2D eigenvalue weighted by Gasteiger charge is 2.19. The molecule has 2 aromatic carbocycles. The third-order valence-electron chi connectivity index (χ3n) is 4.42. The van der Waals surface area contributed by atoms with Crippen LogP contribution >= 0.6 is 0 Å². The number of rotatable bonds is 5. The molecule has 0 atom stereocenters. The standard InChI is InChI=1S/C21H21N3O4/c1-4-14-9-7-8-13(2)19(14)22-21(27)20-16(25)12-18(26)24(23-20)15-10-5-6-11-17(15)28-3/h5-12,25H,4H2,1-3H3,(H,22,27). The molecule has 7 heteroatoms. The van der Waals surface area contributed by atoms with E-state index in [0.29, 0.717) is 17.1 Å². The first-order valence-corrected chi connectivity index (χ1v) is 8.82. The summed E-state index contributed by atoms with van der Waals surface area (Å²) in [5.74, 6) is -0.674. The fourth-order valence-corrected chi connectivity index (χ4v) is 2.96. The van der Waals surface area contributed by atoms with Crippen LogP contribution < -0.4 is 15.6 Å². The highest BCUT2D eigenvalue weighted by molar-refractivity contribution is 6.05. The summed E-state index contributed by atoms with van der Waals surface area (Å²) in [7, 11) is 1.47. The number of amides is 1. The Kier molecular flexibility index (Phi) is 5.44. The van der Waals surface area contributed by atoms with E-state index in [1.807, 2.05) is 32.0 Å². The van der Waals surface area contributed by atoms with Crippen molar-refractivity contribution in [2.24, 2.45) is 0 Å². The first-order chi connectivity index (χ1) is 13.5. The van der Waals surface area contributed by atoms with Crippen molar-refractivity contribution in [1.82, 2.24) is 9.78 Å². The molecule has 0 bridgehead atoms. The SMILES string of the molecule is CCc1cccc(C)c1NC(=O)c1nn(-c2ccccc2OC)c(=O)cc1O. The number of aromatic nitrogens is 2. The molecule has 3 aromatic rings. The normalized spacial score (nSPS) is 10.5. The van der Waals surface area contributed by atoms with E-state index in [9.17, 15) is 14.7 Å². The second-order valence-electron chi connectivity index (χ2n) is 6.22. The van der Waals surface area contributed by atoms with Crippen molar-refractivity contribution in [3.63, 3.8) is 0 Å². The number of nitrogens with zero attached hydrogens (tertiary/aromatic N) is 2. The minimum Gasteiger partial charge on any atom is -0.505 e. The van der Waals surface area contributed by atoms with Crippen molar-refractivity contribution >= 4 is 11.6 Å². The van der Waals surface area contributed by atoms with E-state index in [1.165, 1.54) is 7.11 Å². The molecule has 0 radical (unpaired) electrons. The van der Waals surface area contributed by atoms with Crippen LogP contribution in [0.2, 0.25) is 0 Å². The Hall–Kier alpha value is -3.61. The number of aryl methyl sites for hydroxylation is 2. The minimum absolute atomic E-state index is 0.254. The first-order valence-electron chi connectivity index (χ1n) is 8.82. The lowest BCUT2D eigenvalue weighted by molar-refractivity contribution is 0.101. The number of aromatic hydroxyl groups is 1. The highest BCUT2D eigenvalue weighted by Crippen LogP contribution is 2.24. The van der Waals surface area contributed by atoms with Crippen molar-refractivity contribution in [2.75, 3.05) is 12.4 Å². The maximum absolute atomic E-state index is 12.8. The molecule has 0 aliphatic carbocycles. The molecule has 0 saturated carbocycles. The Morgan fingerprint density at radius 1 is 1.21 bits per heavy atom. The van der Waals surface area contributed by atoms with Crippen molar-refractivity contribution in [1.29, 1.82) is 0 Å². The lowest BCUT2D eigenvalue weighted by Crippen LogP contribution is -2.26. The monoisotopic (exact) mass is 379 g/mol. The molecule has 7 nitrogen and oxygen atoms in total. The summed E-state index contributed by atoms with van der Waals surface area (Å²) in [5.41, 5.74) is 2.07. The van der Waals surface area contributed by atoms with Crippen molar-refractivity contribution in [3.05, 3.63) is 75.7 Å². The van der Waals surface area contributed by atoms with Gasteiger partial charge in [-0.05, 0) is 36.6 Å². The van der Waals surface area contributed by atoms with Crippen LogP contribution in [0.1, 0.15) is 28.5 Å². The molecule has 0 spiro atoms. The van der Waals surface area contributed by atoms with Gasteiger partial charge in [-0.3, -0.25) is 9.59 Å². The van der Waals surface area contributed by atoms with E-state index < -0.39 is 17.2 Å². The lowest BCUT2D eigenvalue weighted by Gasteiger charge is -2.14. The molecule has 0 aliphatic rings. The van der Waals surface area contributed by atoms with Gasteiger partial charge in [-0.25, -0.2) is 0 Å². The fraction of sp³-hybridized carbons (Fsp3) is 0.190. The number of methoxy groups -OCH3 is 1. The van der Waals surface area contributed by atoms with Gasteiger partial charge in [0.25, 0.3) is 11.5 Å². The van der Waals surface area contributed by atoms with Gasteiger partial charge in [0.1, 0.15) is 11.4 Å². The van der Waals surface area contributed by atoms with Gasteiger partial charge < -0.3 is 15.2 Å². The number of benzene rings is 2. The molecule has 1 heterocycles. The minimum atomic E-state index is -0.606. The number of carbonyl (C=O) groups is 1. The summed E-state index contributed by atoms with van der Waals surface area (Å²) >= 11 is 0. The Morgan fingerprint density at radius 3 is 2.68 bits per heavy atom. The van der Waals surface area contributed by atoms with E-state index >= 15 is 0 Å². The zero-order valence-electron chi connectivity index (χ0n) is 15.9. The Bertz CT molecular complexity index is 1090. The predicted octanol–water partition coefficient (Wildman–Crippen LogP) is 3.07. The maximum Gasteiger partial charge on any atom is 0.280 e. The average molecular weight is 379 g/mol. The smallest absolute Gasteiger partial charge is 0.280 e. The van der Waals surface area contributed by atoms with Crippen molar-refractivity contribution < 1.29 is 14.6 Å². The van der Waals surface area contributed by atoms with Gasteiger partial charge >= 0.3 is 0 Å². The highest BCUT2D eigenvalue weighted by atomic mass is 16.5. The summed E-state index contributed by atoms with van der Waals surface area (Å²) in [6.07, 6.45) is 0.734. The van der Waals surface area contributed by atoms with E-state index in [0.717, 1.165) is 28.3 Å². The van der Waals surface area contributed by atoms with Crippen LogP contribution in [0.15, 0.2) is 53.3 Å². The van der Waals surface area contributed by atoms with Crippen LogP contribution in [0.3, 0.4) is 0 Å². The zero-order valence-corrected chi connectivity index (χ0v) is 15.9.